The number of nitrogens with zero attached hydrogens (tertiary/aromatic N) is 1. The number of hydrogen-bond donors (Lipinski definition) is 2. The van der Waals surface area contributed by atoms with E-state index in [2.05, 4.69) is 4.98 Å². The summed E-state index contributed by atoms with van der Waals surface area (Å²) in [5.74, 6) is -2.01. The lowest BCUT2D eigenvalue weighted by atomic mass is 9.63. The van der Waals surface area contributed by atoms with E-state index >= 15 is 0 Å². The zero-order valence-corrected chi connectivity index (χ0v) is 8.91. The number of aromatic nitrogens is 1. The van der Waals surface area contributed by atoms with Gasteiger partial charge in [0.15, 0.2) is 0 Å². The Kier molecular flexibility index (Phi) is 2.59. The molecule has 2 rings (SSSR count). The van der Waals surface area contributed by atoms with E-state index in [9.17, 15) is 14.3 Å². The second-order valence-corrected chi connectivity index (χ2v) is 4.38. The normalized spacial score (nSPS) is 28.6. The lowest BCUT2D eigenvalue weighted by molar-refractivity contribution is -0.153. The van der Waals surface area contributed by atoms with E-state index in [1.54, 1.807) is 0 Å². The van der Waals surface area contributed by atoms with E-state index in [0.29, 0.717) is 0 Å². The van der Waals surface area contributed by atoms with Gasteiger partial charge in [-0.3, -0.25) is 4.79 Å². The molecule has 86 valence electrons. The van der Waals surface area contributed by atoms with Crippen molar-refractivity contribution in [1.82, 2.24) is 4.98 Å². The van der Waals surface area contributed by atoms with Crippen LogP contribution in [0.2, 0.25) is 5.02 Å². The summed E-state index contributed by atoms with van der Waals surface area (Å²) in [5, 5.41) is 18.5. The molecule has 16 heavy (non-hydrogen) atoms. The zero-order valence-electron chi connectivity index (χ0n) is 8.15. The largest absolute Gasteiger partial charge is 0.481 e. The number of aliphatic carboxylic acids is 1. The van der Waals surface area contributed by atoms with Gasteiger partial charge in [-0.05, 0) is 18.9 Å². The van der Waals surface area contributed by atoms with Crippen molar-refractivity contribution in [1.29, 1.82) is 0 Å². The van der Waals surface area contributed by atoms with Crippen LogP contribution in [0, 0.1) is 5.95 Å². The molecule has 1 fully saturated rings. The van der Waals surface area contributed by atoms with Crippen LogP contribution in [0.5, 0.6) is 0 Å². The molecule has 0 aliphatic heterocycles. The third-order valence-corrected chi connectivity index (χ3v) is 3.11. The molecule has 6 heteroatoms. The number of aliphatic hydroxyl groups is 1. The Balaban J connectivity index is 2.48. The summed E-state index contributed by atoms with van der Waals surface area (Å²) in [6, 6.07) is 1.25. The molecule has 1 aliphatic rings. The molecule has 1 saturated carbocycles. The van der Waals surface area contributed by atoms with Gasteiger partial charge in [0.2, 0.25) is 5.95 Å². The highest BCUT2D eigenvalue weighted by Gasteiger charge is 2.53. The van der Waals surface area contributed by atoms with Crippen molar-refractivity contribution in [3.8, 4) is 0 Å². The second kappa shape index (κ2) is 3.68. The van der Waals surface area contributed by atoms with E-state index in [1.807, 2.05) is 0 Å². The maximum Gasteiger partial charge on any atom is 0.314 e. The van der Waals surface area contributed by atoms with E-state index < -0.39 is 23.4 Å². The highest BCUT2D eigenvalue weighted by molar-refractivity contribution is 6.30. The summed E-state index contributed by atoms with van der Waals surface area (Å²) in [5.41, 5.74) is -1.45. The Labute approximate surface area is 95.7 Å². The number of rotatable bonds is 2. The van der Waals surface area contributed by atoms with Gasteiger partial charge in [-0.15, -0.1) is 0 Å². The van der Waals surface area contributed by atoms with Crippen molar-refractivity contribution in [2.45, 2.75) is 24.4 Å². The first kappa shape index (κ1) is 11.3. The number of pyridine rings is 1. The number of carbonyl (C=O) groups is 1. The fourth-order valence-electron chi connectivity index (χ4n) is 2.01. The number of carboxylic acid groups (broad SMARTS) is 1. The average Bonchev–Trinajstić information content (AvgIpc) is 2.16. The maximum absolute atomic E-state index is 13.5. The van der Waals surface area contributed by atoms with Gasteiger partial charge >= 0.3 is 5.97 Å². The predicted octanol–water partition coefficient (Wildman–Crippen LogP) is 1.35. The van der Waals surface area contributed by atoms with Gasteiger partial charge in [-0.25, -0.2) is 4.98 Å². The van der Waals surface area contributed by atoms with Crippen LogP contribution in [0.25, 0.3) is 0 Å². The SMILES string of the molecule is O=C(O)C1(c2cc(Cl)cnc2F)CC(O)C1. The predicted molar refractivity (Wildman–Crippen MR) is 53.8 cm³/mol. The molecular formula is C10H9ClFNO3. The van der Waals surface area contributed by atoms with Crippen LogP contribution in [0.15, 0.2) is 12.3 Å². The maximum atomic E-state index is 13.5. The molecule has 1 aromatic rings. The van der Waals surface area contributed by atoms with Crippen LogP contribution < -0.4 is 0 Å². The molecule has 0 amide bonds. The fourth-order valence-corrected chi connectivity index (χ4v) is 2.17. The minimum absolute atomic E-state index is 0.0126. The van der Waals surface area contributed by atoms with Gasteiger partial charge in [-0.1, -0.05) is 11.6 Å². The first-order chi connectivity index (χ1) is 7.45. The fraction of sp³-hybridized carbons (Fsp3) is 0.400. The monoisotopic (exact) mass is 245 g/mol. The van der Waals surface area contributed by atoms with Crippen molar-refractivity contribution in [2.75, 3.05) is 0 Å². The number of halogens is 2. The minimum atomic E-state index is -1.39. The van der Waals surface area contributed by atoms with Gasteiger partial charge < -0.3 is 10.2 Å². The Morgan fingerprint density at radius 1 is 1.62 bits per heavy atom. The number of hydrogen-bond acceptors (Lipinski definition) is 3. The van der Waals surface area contributed by atoms with E-state index in [-0.39, 0.29) is 23.4 Å². The molecule has 1 heterocycles. The topological polar surface area (TPSA) is 70.4 Å². The molecule has 0 spiro atoms. The molecule has 0 saturated heterocycles. The summed E-state index contributed by atoms with van der Waals surface area (Å²) in [4.78, 5) is 14.6. The molecule has 2 N–H and O–H groups in total. The van der Waals surface area contributed by atoms with Crippen LogP contribution in [0.3, 0.4) is 0 Å². The summed E-state index contributed by atoms with van der Waals surface area (Å²) < 4.78 is 13.5. The second-order valence-electron chi connectivity index (χ2n) is 3.94. The van der Waals surface area contributed by atoms with Crippen LogP contribution in [0.4, 0.5) is 4.39 Å². The molecule has 4 nitrogen and oxygen atoms in total. The summed E-state index contributed by atoms with van der Waals surface area (Å²) in [6.07, 6.45) is 0.377. The van der Waals surface area contributed by atoms with Gasteiger partial charge in [0.1, 0.15) is 5.41 Å². The molecule has 1 aromatic heterocycles. The molecule has 0 radical (unpaired) electrons. The number of aliphatic hydroxyl groups excluding tert-OH is 1. The van der Waals surface area contributed by atoms with Gasteiger partial charge in [0.05, 0.1) is 11.1 Å². The first-order valence-corrected chi connectivity index (χ1v) is 5.06. The van der Waals surface area contributed by atoms with Crippen LogP contribution in [0.1, 0.15) is 18.4 Å². The highest BCUT2D eigenvalue weighted by atomic mass is 35.5. The number of carboxylic acids is 1. The lowest BCUT2D eigenvalue weighted by Crippen LogP contribution is -2.51. The summed E-state index contributed by atoms with van der Waals surface area (Å²) in [7, 11) is 0. The van der Waals surface area contributed by atoms with Crippen LogP contribution >= 0.6 is 11.6 Å². The highest BCUT2D eigenvalue weighted by Crippen LogP contribution is 2.45. The Morgan fingerprint density at radius 2 is 2.25 bits per heavy atom. The lowest BCUT2D eigenvalue weighted by Gasteiger charge is -2.41. The van der Waals surface area contributed by atoms with Crippen molar-refractivity contribution < 1.29 is 19.4 Å². The van der Waals surface area contributed by atoms with Gasteiger partial charge in [0, 0.05) is 11.8 Å². The standard InChI is InChI=1S/C10H9ClFNO3/c11-5-1-7(8(12)13-4-5)10(9(15)16)2-6(14)3-10/h1,4,6,14H,2-3H2,(H,15,16). The third kappa shape index (κ3) is 1.56. The van der Waals surface area contributed by atoms with Crippen molar-refractivity contribution in [2.24, 2.45) is 0 Å². The molecule has 1 aliphatic carbocycles. The van der Waals surface area contributed by atoms with Crippen molar-refractivity contribution in [3.05, 3.63) is 28.8 Å². The van der Waals surface area contributed by atoms with Crippen molar-refractivity contribution >= 4 is 17.6 Å². The van der Waals surface area contributed by atoms with E-state index in [4.69, 9.17) is 16.7 Å². The summed E-state index contributed by atoms with van der Waals surface area (Å²) >= 11 is 5.66. The van der Waals surface area contributed by atoms with Crippen LogP contribution in [-0.4, -0.2) is 27.3 Å². The van der Waals surface area contributed by atoms with Gasteiger partial charge in [-0.2, -0.15) is 4.39 Å². The Morgan fingerprint density at radius 3 is 2.75 bits per heavy atom. The minimum Gasteiger partial charge on any atom is -0.481 e. The molecule has 0 unspecified atom stereocenters. The molecule has 0 atom stereocenters. The summed E-state index contributed by atoms with van der Waals surface area (Å²) in [6.45, 7) is 0. The average molecular weight is 246 g/mol. The Hall–Kier alpha value is -1.20. The Bertz CT molecular complexity index is 446. The van der Waals surface area contributed by atoms with Crippen molar-refractivity contribution in [3.63, 3.8) is 0 Å². The molecule has 0 bridgehead atoms. The molecular weight excluding hydrogens is 237 g/mol. The molecule has 0 aromatic carbocycles. The van der Waals surface area contributed by atoms with Gasteiger partial charge in [0.25, 0.3) is 0 Å². The first-order valence-electron chi connectivity index (χ1n) is 4.69. The van der Waals surface area contributed by atoms with Crippen LogP contribution in [-0.2, 0) is 10.2 Å². The van der Waals surface area contributed by atoms with E-state index in [1.165, 1.54) is 6.07 Å². The quantitative estimate of drug-likeness (QED) is 0.772. The third-order valence-electron chi connectivity index (χ3n) is 2.90. The van der Waals surface area contributed by atoms with E-state index in [0.717, 1.165) is 6.20 Å². The smallest absolute Gasteiger partial charge is 0.314 e. The zero-order chi connectivity index (χ0) is 11.9.